The Morgan fingerprint density at radius 2 is 2.00 bits per heavy atom. The summed E-state index contributed by atoms with van der Waals surface area (Å²) in [5.41, 5.74) is 5.20. The van der Waals surface area contributed by atoms with Crippen molar-refractivity contribution in [1.82, 2.24) is 5.32 Å². The molecule has 0 unspecified atom stereocenters. The Hall–Kier alpha value is -1.14. The number of hydrogen-bond acceptors (Lipinski definition) is 4. The highest BCUT2D eigenvalue weighted by atomic mass is 16.4. The van der Waals surface area contributed by atoms with Crippen LogP contribution in [0.2, 0.25) is 0 Å². The van der Waals surface area contributed by atoms with Crippen LogP contribution in [0.15, 0.2) is 0 Å². The number of carbonyl (C=O) groups is 2. The Labute approximate surface area is 75.7 Å². The highest BCUT2D eigenvalue weighted by molar-refractivity contribution is 5.75. The Kier molecular flexibility index (Phi) is 5.82. The van der Waals surface area contributed by atoms with E-state index in [2.05, 4.69) is 5.32 Å². The van der Waals surface area contributed by atoms with Crippen molar-refractivity contribution in [3.63, 3.8) is 0 Å². The maximum Gasteiger partial charge on any atom is 0.320 e. The maximum atomic E-state index is 10.5. The van der Waals surface area contributed by atoms with Gasteiger partial charge in [0.05, 0.1) is 6.54 Å². The zero-order valence-electron chi connectivity index (χ0n) is 7.19. The lowest BCUT2D eigenvalue weighted by molar-refractivity contribution is -0.140. The lowest BCUT2D eigenvalue weighted by Crippen LogP contribution is -2.39. The van der Waals surface area contributed by atoms with Gasteiger partial charge in [-0.05, 0) is 19.4 Å². The number of carboxylic acid groups (broad SMARTS) is 2. The molecule has 0 aromatic carbocycles. The molecule has 0 rings (SSSR count). The summed E-state index contributed by atoms with van der Waals surface area (Å²) in [6, 6.07) is -0.820. The molecular formula is C7H14N2O4. The van der Waals surface area contributed by atoms with Crippen molar-refractivity contribution in [3.8, 4) is 0 Å². The van der Waals surface area contributed by atoms with Gasteiger partial charge in [0.15, 0.2) is 0 Å². The first-order valence-electron chi connectivity index (χ1n) is 3.96. The molecule has 0 heterocycles. The van der Waals surface area contributed by atoms with Crippen LogP contribution >= 0.6 is 0 Å². The zero-order chi connectivity index (χ0) is 10.3. The second-order valence-electron chi connectivity index (χ2n) is 2.60. The molecule has 5 N–H and O–H groups in total. The summed E-state index contributed by atoms with van der Waals surface area (Å²) in [6.07, 6.45) is 0.905. The van der Waals surface area contributed by atoms with Crippen molar-refractivity contribution in [2.75, 3.05) is 13.1 Å². The van der Waals surface area contributed by atoms with Gasteiger partial charge in [-0.1, -0.05) is 0 Å². The van der Waals surface area contributed by atoms with E-state index in [1.807, 2.05) is 0 Å². The summed E-state index contributed by atoms with van der Waals surface area (Å²) >= 11 is 0. The van der Waals surface area contributed by atoms with Crippen molar-refractivity contribution in [3.05, 3.63) is 0 Å². The van der Waals surface area contributed by atoms with Crippen LogP contribution in [0.25, 0.3) is 0 Å². The van der Waals surface area contributed by atoms with E-state index >= 15 is 0 Å². The van der Waals surface area contributed by atoms with Crippen LogP contribution in [0.1, 0.15) is 12.8 Å². The van der Waals surface area contributed by atoms with E-state index in [0.29, 0.717) is 19.4 Å². The van der Waals surface area contributed by atoms with Gasteiger partial charge in [0.2, 0.25) is 0 Å². The average Bonchev–Trinajstić information content (AvgIpc) is 2.03. The van der Waals surface area contributed by atoms with E-state index in [1.54, 1.807) is 0 Å². The molecule has 0 saturated heterocycles. The van der Waals surface area contributed by atoms with Crippen LogP contribution in [0.5, 0.6) is 0 Å². The van der Waals surface area contributed by atoms with Gasteiger partial charge in [0.25, 0.3) is 0 Å². The fourth-order valence-electron chi connectivity index (χ4n) is 0.845. The molecule has 6 heteroatoms. The number of aliphatic carboxylic acids is 2. The molecule has 0 aliphatic carbocycles. The second kappa shape index (κ2) is 6.38. The van der Waals surface area contributed by atoms with E-state index < -0.39 is 18.0 Å². The summed E-state index contributed by atoms with van der Waals surface area (Å²) in [5.74, 6) is -2.12. The van der Waals surface area contributed by atoms with E-state index in [0.717, 1.165) is 0 Å². The first kappa shape index (κ1) is 11.9. The third-order valence-electron chi connectivity index (χ3n) is 1.49. The van der Waals surface area contributed by atoms with Crippen LogP contribution < -0.4 is 11.1 Å². The predicted octanol–water partition coefficient (Wildman–Crippen LogP) is -1.15. The highest BCUT2D eigenvalue weighted by Gasteiger charge is 2.16. The fraction of sp³-hybridized carbons (Fsp3) is 0.714. The number of rotatable bonds is 7. The Morgan fingerprint density at radius 1 is 1.38 bits per heavy atom. The molecule has 0 amide bonds. The van der Waals surface area contributed by atoms with Crippen LogP contribution in [0.3, 0.4) is 0 Å². The molecule has 0 radical (unpaired) electrons. The zero-order valence-corrected chi connectivity index (χ0v) is 7.19. The van der Waals surface area contributed by atoms with Gasteiger partial charge >= 0.3 is 11.9 Å². The Bertz CT molecular complexity index is 183. The molecule has 0 fully saturated rings. The Balaban J connectivity index is 3.80. The summed E-state index contributed by atoms with van der Waals surface area (Å²) in [5, 5.41) is 19.3. The monoisotopic (exact) mass is 190 g/mol. The van der Waals surface area contributed by atoms with Gasteiger partial charge < -0.3 is 15.9 Å². The topological polar surface area (TPSA) is 113 Å². The van der Waals surface area contributed by atoms with E-state index in [-0.39, 0.29) is 6.54 Å². The standard InChI is InChI=1S/C7H14N2O4/c8-3-1-2-5(7(12)13)9-4-6(10)11/h5,9H,1-4,8H2,(H,10,11)(H,12,13)/t5-/m0/s1. The van der Waals surface area contributed by atoms with Gasteiger partial charge in [0.1, 0.15) is 6.04 Å². The van der Waals surface area contributed by atoms with E-state index in [4.69, 9.17) is 15.9 Å². The van der Waals surface area contributed by atoms with Crippen LogP contribution in [0.4, 0.5) is 0 Å². The smallest absolute Gasteiger partial charge is 0.320 e. The minimum Gasteiger partial charge on any atom is -0.480 e. The normalized spacial score (nSPS) is 12.4. The molecule has 0 saturated carbocycles. The summed E-state index contributed by atoms with van der Waals surface area (Å²) in [7, 11) is 0. The fourth-order valence-corrected chi connectivity index (χ4v) is 0.845. The lowest BCUT2D eigenvalue weighted by atomic mass is 10.1. The molecule has 76 valence electrons. The molecule has 0 aliphatic rings. The predicted molar refractivity (Wildman–Crippen MR) is 45.4 cm³/mol. The third kappa shape index (κ3) is 6.06. The lowest BCUT2D eigenvalue weighted by Gasteiger charge is -2.11. The number of hydrogen-bond donors (Lipinski definition) is 4. The number of nitrogens with one attached hydrogen (secondary N) is 1. The number of carboxylic acids is 2. The molecule has 0 aromatic heterocycles. The Morgan fingerprint density at radius 3 is 2.38 bits per heavy atom. The minimum absolute atomic E-state index is 0.346. The van der Waals surface area contributed by atoms with Crippen LogP contribution in [0, 0.1) is 0 Å². The summed E-state index contributed by atoms with van der Waals surface area (Å²) < 4.78 is 0. The van der Waals surface area contributed by atoms with Crippen molar-refractivity contribution in [1.29, 1.82) is 0 Å². The van der Waals surface area contributed by atoms with Crippen LogP contribution in [-0.4, -0.2) is 41.3 Å². The van der Waals surface area contributed by atoms with Gasteiger partial charge in [-0.3, -0.25) is 14.9 Å². The number of nitrogens with two attached hydrogens (primary N) is 1. The van der Waals surface area contributed by atoms with Crippen molar-refractivity contribution >= 4 is 11.9 Å². The second-order valence-corrected chi connectivity index (χ2v) is 2.60. The molecule has 0 spiro atoms. The largest absolute Gasteiger partial charge is 0.480 e. The molecule has 1 atom stereocenters. The third-order valence-corrected chi connectivity index (χ3v) is 1.49. The van der Waals surface area contributed by atoms with Crippen molar-refractivity contribution in [2.45, 2.75) is 18.9 Å². The van der Waals surface area contributed by atoms with Gasteiger partial charge in [-0.2, -0.15) is 0 Å². The van der Waals surface area contributed by atoms with E-state index in [9.17, 15) is 9.59 Å². The molecule has 0 bridgehead atoms. The molecule has 0 aliphatic heterocycles. The maximum absolute atomic E-state index is 10.5. The quantitative estimate of drug-likeness (QED) is 0.403. The molecule has 6 nitrogen and oxygen atoms in total. The summed E-state index contributed by atoms with van der Waals surface area (Å²) in [4.78, 5) is 20.6. The van der Waals surface area contributed by atoms with Crippen LogP contribution in [-0.2, 0) is 9.59 Å². The molecule has 0 aromatic rings. The SMILES string of the molecule is NCCC[C@H](NCC(=O)O)C(=O)O. The van der Waals surface area contributed by atoms with E-state index in [1.165, 1.54) is 0 Å². The minimum atomic E-state index is -1.07. The van der Waals surface area contributed by atoms with Gasteiger partial charge in [-0.25, -0.2) is 0 Å². The van der Waals surface area contributed by atoms with Gasteiger partial charge in [-0.15, -0.1) is 0 Å². The molecule has 13 heavy (non-hydrogen) atoms. The highest BCUT2D eigenvalue weighted by Crippen LogP contribution is 1.95. The average molecular weight is 190 g/mol. The van der Waals surface area contributed by atoms with Gasteiger partial charge in [0, 0.05) is 0 Å². The van der Waals surface area contributed by atoms with Crippen molar-refractivity contribution < 1.29 is 19.8 Å². The van der Waals surface area contributed by atoms with Crippen molar-refractivity contribution in [2.24, 2.45) is 5.73 Å². The summed E-state index contributed by atoms with van der Waals surface area (Å²) in [6.45, 7) is 0.0556. The first-order chi connectivity index (χ1) is 6.07. The first-order valence-corrected chi connectivity index (χ1v) is 3.96. The molecular weight excluding hydrogens is 176 g/mol.